The number of nitro groups is 1. The van der Waals surface area contributed by atoms with Gasteiger partial charge < -0.3 is 20.2 Å². The zero-order chi connectivity index (χ0) is 18.4. The van der Waals surface area contributed by atoms with E-state index in [1.54, 1.807) is 0 Å². The lowest BCUT2D eigenvalue weighted by atomic mass is 10.1. The molecule has 0 saturated heterocycles. The van der Waals surface area contributed by atoms with E-state index in [2.05, 4.69) is 15.0 Å². The summed E-state index contributed by atoms with van der Waals surface area (Å²) in [6.07, 6.45) is 1.22. The number of nitrogens with zero attached hydrogens (tertiary/aromatic N) is 3. The van der Waals surface area contributed by atoms with Gasteiger partial charge >= 0.3 is 11.8 Å². The highest BCUT2D eigenvalue weighted by atomic mass is 16.6. The van der Waals surface area contributed by atoms with Crippen molar-refractivity contribution >= 4 is 17.7 Å². The zero-order valence-corrected chi connectivity index (χ0v) is 13.8. The lowest BCUT2D eigenvalue weighted by Gasteiger charge is -2.14. The van der Waals surface area contributed by atoms with Crippen LogP contribution in [-0.2, 0) is 27.3 Å². The van der Waals surface area contributed by atoms with E-state index in [1.807, 2.05) is 30.3 Å². The lowest BCUT2D eigenvalue weighted by Crippen LogP contribution is -2.42. The zero-order valence-electron chi connectivity index (χ0n) is 13.8. The largest absolute Gasteiger partial charge is 0.467 e. The molecule has 0 radical (unpaired) electrons. The van der Waals surface area contributed by atoms with Crippen molar-refractivity contribution in [1.29, 1.82) is 0 Å². The van der Waals surface area contributed by atoms with Crippen LogP contribution in [0.3, 0.4) is 0 Å². The summed E-state index contributed by atoms with van der Waals surface area (Å²) in [7, 11) is 1.18. The Morgan fingerprint density at radius 3 is 2.60 bits per heavy atom. The summed E-state index contributed by atoms with van der Waals surface area (Å²) in [5.41, 5.74) is 0.978. The normalized spacial score (nSPS) is 11.6. The number of nitrogens with one attached hydrogen (secondary N) is 1. The number of esters is 1. The molecule has 0 unspecified atom stereocenters. The Balaban J connectivity index is 2.29. The second-order valence-corrected chi connectivity index (χ2v) is 5.37. The third kappa shape index (κ3) is 4.63. The number of carbonyl (C=O) groups excluding carboxylic acids is 2. The summed E-state index contributed by atoms with van der Waals surface area (Å²) in [4.78, 5) is 38.0. The molecule has 1 aromatic carbocycles. The summed E-state index contributed by atoms with van der Waals surface area (Å²) in [6.45, 7) is 1.52. The predicted molar refractivity (Wildman–Crippen MR) is 87.8 cm³/mol. The maximum absolute atomic E-state index is 11.8. The molecule has 2 aromatic rings. The van der Waals surface area contributed by atoms with E-state index >= 15 is 0 Å². The first-order chi connectivity index (χ1) is 11.9. The van der Waals surface area contributed by atoms with Crippen molar-refractivity contribution < 1.29 is 19.2 Å². The number of rotatable bonds is 7. The highest BCUT2D eigenvalue weighted by Gasteiger charge is 2.28. The summed E-state index contributed by atoms with van der Waals surface area (Å²) >= 11 is 0. The van der Waals surface area contributed by atoms with Crippen LogP contribution in [0, 0.1) is 10.1 Å². The lowest BCUT2D eigenvalue weighted by molar-refractivity contribution is -0.392. The monoisotopic (exact) mass is 346 g/mol. The molecule has 0 aliphatic carbocycles. The van der Waals surface area contributed by atoms with Gasteiger partial charge in [0.15, 0.2) is 6.33 Å². The van der Waals surface area contributed by atoms with E-state index in [4.69, 9.17) is 0 Å². The molecule has 1 heterocycles. The molecule has 0 spiro atoms. The Kier molecular flexibility index (Phi) is 5.83. The van der Waals surface area contributed by atoms with Crippen LogP contribution in [-0.4, -0.2) is 39.5 Å². The molecule has 0 aliphatic heterocycles. The number of amides is 1. The Morgan fingerprint density at radius 1 is 1.36 bits per heavy atom. The van der Waals surface area contributed by atoms with Gasteiger partial charge in [-0.1, -0.05) is 30.3 Å². The summed E-state index contributed by atoms with van der Waals surface area (Å²) in [5, 5.41) is 13.9. The van der Waals surface area contributed by atoms with E-state index in [0.717, 1.165) is 5.56 Å². The van der Waals surface area contributed by atoms with Gasteiger partial charge in [0.2, 0.25) is 5.91 Å². The van der Waals surface area contributed by atoms with Crippen LogP contribution < -0.4 is 5.32 Å². The number of benzene rings is 1. The smallest absolute Gasteiger partial charge is 0.346 e. The Morgan fingerprint density at radius 2 is 2.04 bits per heavy atom. The number of hydrogen-bond donors (Lipinski definition) is 1. The van der Waals surface area contributed by atoms with Crippen molar-refractivity contribution in [2.45, 2.75) is 25.9 Å². The Hall–Kier alpha value is -3.23. The molecule has 0 bridgehead atoms. The molecule has 0 aliphatic rings. The number of carbonyl (C=O) groups is 2. The van der Waals surface area contributed by atoms with Gasteiger partial charge in [-0.2, -0.15) is 0 Å². The summed E-state index contributed by atoms with van der Waals surface area (Å²) < 4.78 is 6.03. The average Bonchev–Trinajstić information content (AvgIpc) is 2.96. The number of imidazole rings is 1. The topological polar surface area (TPSA) is 116 Å². The first-order valence-electron chi connectivity index (χ1n) is 7.49. The van der Waals surface area contributed by atoms with Gasteiger partial charge in [0.1, 0.15) is 18.3 Å². The minimum absolute atomic E-state index is 0.102. The minimum atomic E-state index is -1.04. The van der Waals surface area contributed by atoms with Crippen LogP contribution in [0.1, 0.15) is 18.2 Å². The maximum Gasteiger partial charge on any atom is 0.346 e. The first kappa shape index (κ1) is 18.1. The van der Waals surface area contributed by atoms with Gasteiger partial charge in [-0.05, 0) is 10.5 Å². The van der Waals surface area contributed by atoms with Crippen molar-refractivity contribution in [1.82, 2.24) is 14.9 Å². The van der Waals surface area contributed by atoms with E-state index in [0.29, 0.717) is 0 Å². The fourth-order valence-electron chi connectivity index (χ4n) is 2.44. The number of hydrogen-bond acceptors (Lipinski definition) is 6. The molecule has 25 heavy (non-hydrogen) atoms. The van der Waals surface area contributed by atoms with Gasteiger partial charge in [-0.25, -0.2) is 14.3 Å². The van der Waals surface area contributed by atoms with Crippen LogP contribution in [0.4, 0.5) is 5.82 Å². The molecule has 1 aromatic heterocycles. The van der Waals surface area contributed by atoms with Crippen molar-refractivity contribution in [3.05, 3.63) is 58.0 Å². The third-order valence-corrected chi connectivity index (χ3v) is 3.51. The molecule has 1 N–H and O–H groups in total. The molecule has 9 nitrogen and oxygen atoms in total. The quantitative estimate of drug-likeness (QED) is 0.455. The summed E-state index contributed by atoms with van der Waals surface area (Å²) in [6, 6.07) is 8.18. The highest BCUT2D eigenvalue weighted by molar-refractivity contribution is 5.83. The number of aromatic nitrogens is 2. The maximum atomic E-state index is 11.8. The van der Waals surface area contributed by atoms with Crippen molar-refractivity contribution in [2.75, 3.05) is 7.11 Å². The second kappa shape index (κ2) is 8.04. The minimum Gasteiger partial charge on any atom is -0.467 e. The van der Waals surface area contributed by atoms with Gasteiger partial charge in [-0.3, -0.25) is 4.79 Å². The predicted octanol–water partition coefficient (Wildman–Crippen LogP) is 1.06. The van der Waals surface area contributed by atoms with Crippen molar-refractivity contribution in [3.8, 4) is 0 Å². The van der Waals surface area contributed by atoms with E-state index in [1.165, 1.54) is 24.9 Å². The van der Waals surface area contributed by atoms with Crippen LogP contribution in [0.25, 0.3) is 0 Å². The molecule has 2 rings (SSSR count). The molecule has 0 saturated carbocycles. The second-order valence-electron chi connectivity index (χ2n) is 5.37. The van der Waals surface area contributed by atoms with Crippen LogP contribution in [0.2, 0.25) is 0 Å². The first-order valence-corrected chi connectivity index (χ1v) is 7.49. The average molecular weight is 346 g/mol. The van der Waals surface area contributed by atoms with Gasteiger partial charge in [0.05, 0.1) is 7.11 Å². The molecule has 0 fully saturated rings. The standard InChI is InChI=1S/C16H18N4O5/c1-11(21)18-14(16(22)25-2)8-13-15(20(23)24)19(10-17-13)9-12-6-4-3-5-7-12/h3-7,10,14H,8-9H2,1-2H3,(H,18,21)/t14-/m0/s1. The van der Waals surface area contributed by atoms with Gasteiger partial charge in [-0.15, -0.1) is 0 Å². The van der Waals surface area contributed by atoms with Gasteiger partial charge in [0.25, 0.3) is 0 Å². The number of methoxy groups -OCH3 is 1. The molecule has 1 atom stereocenters. The SMILES string of the molecule is COC(=O)[C@H](Cc1ncn(Cc2ccccc2)c1[N+](=O)[O-])NC(C)=O. The van der Waals surface area contributed by atoms with E-state index in [9.17, 15) is 19.7 Å². The fraction of sp³-hybridized carbons (Fsp3) is 0.312. The molecule has 132 valence electrons. The Bertz CT molecular complexity index is 772. The van der Waals surface area contributed by atoms with E-state index < -0.39 is 22.8 Å². The van der Waals surface area contributed by atoms with Gasteiger partial charge in [0, 0.05) is 13.3 Å². The molecule has 1 amide bonds. The number of ether oxygens (including phenoxy) is 1. The van der Waals surface area contributed by atoms with Crippen LogP contribution in [0.15, 0.2) is 36.7 Å². The highest BCUT2D eigenvalue weighted by Crippen LogP contribution is 2.21. The molecular formula is C16H18N4O5. The molecular weight excluding hydrogens is 328 g/mol. The Labute approximate surface area is 143 Å². The van der Waals surface area contributed by atoms with E-state index in [-0.39, 0.29) is 24.5 Å². The van der Waals surface area contributed by atoms with Crippen LogP contribution >= 0.6 is 0 Å². The summed E-state index contributed by atoms with van der Waals surface area (Å²) in [5.74, 6) is -1.35. The van der Waals surface area contributed by atoms with Crippen molar-refractivity contribution in [2.24, 2.45) is 0 Å². The third-order valence-electron chi connectivity index (χ3n) is 3.51. The fourth-order valence-corrected chi connectivity index (χ4v) is 2.44. The van der Waals surface area contributed by atoms with Crippen molar-refractivity contribution in [3.63, 3.8) is 0 Å². The molecule has 9 heteroatoms. The van der Waals surface area contributed by atoms with Crippen LogP contribution in [0.5, 0.6) is 0 Å².